The number of benzene rings is 1. The molecule has 2 heterocycles. The molecule has 2 amide bonds. The summed E-state index contributed by atoms with van der Waals surface area (Å²) in [5.41, 5.74) is 9.60. The largest absolute Gasteiger partial charge is 0.365 e. The summed E-state index contributed by atoms with van der Waals surface area (Å²) in [5.74, 6) is -0.141. The Morgan fingerprint density at radius 3 is 2.83 bits per heavy atom. The van der Waals surface area contributed by atoms with Crippen LogP contribution in [0.15, 0.2) is 18.2 Å². The summed E-state index contributed by atoms with van der Waals surface area (Å²) in [4.78, 5) is 26.7. The summed E-state index contributed by atoms with van der Waals surface area (Å²) < 4.78 is 1.98. The van der Waals surface area contributed by atoms with Crippen LogP contribution in [-0.2, 0) is 19.4 Å². The third-order valence-corrected chi connectivity index (χ3v) is 7.20. The first-order chi connectivity index (χ1) is 13.8. The number of hydrogen-bond acceptors (Lipinski definition) is 3. The number of hydrogen-bond donors (Lipinski definition) is 2. The van der Waals surface area contributed by atoms with Crippen LogP contribution in [-0.4, -0.2) is 16.4 Å². The molecule has 0 bridgehead atoms. The second kappa shape index (κ2) is 7.50. The highest BCUT2D eigenvalue weighted by Gasteiger charge is 2.28. The number of rotatable bonds is 4. The van der Waals surface area contributed by atoms with E-state index in [0.29, 0.717) is 33.7 Å². The minimum absolute atomic E-state index is 0.231. The van der Waals surface area contributed by atoms with E-state index in [-0.39, 0.29) is 5.91 Å². The van der Waals surface area contributed by atoms with Crippen molar-refractivity contribution in [1.82, 2.24) is 4.57 Å². The van der Waals surface area contributed by atoms with Gasteiger partial charge in [0.25, 0.3) is 11.8 Å². The number of nitrogens with two attached hydrogens (primary N) is 1. The number of nitrogens with zero attached hydrogens (tertiary/aromatic N) is 1. The van der Waals surface area contributed by atoms with Crippen molar-refractivity contribution in [1.29, 1.82) is 0 Å². The van der Waals surface area contributed by atoms with E-state index in [2.05, 4.69) is 12.2 Å². The molecular weight excluding hydrogens is 406 g/mol. The molecule has 0 saturated heterocycles. The smallest absolute Gasteiger partial charge is 0.273 e. The second-order valence-corrected chi connectivity index (χ2v) is 9.30. The van der Waals surface area contributed by atoms with Gasteiger partial charge >= 0.3 is 0 Å². The predicted octanol–water partition coefficient (Wildman–Crippen LogP) is 5.16. The Bertz CT molecular complexity index is 1150. The van der Waals surface area contributed by atoms with Crippen LogP contribution in [0.25, 0.3) is 10.9 Å². The Hall–Kier alpha value is -2.31. The zero-order valence-electron chi connectivity index (χ0n) is 16.8. The van der Waals surface area contributed by atoms with Crippen LogP contribution in [0, 0.1) is 12.8 Å². The van der Waals surface area contributed by atoms with Gasteiger partial charge in [-0.05, 0) is 68.4 Å². The van der Waals surface area contributed by atoms with Crippen LogP contribution < -0.4 is 11.1 Å². The Labute approximate surface area is 178 Å². The van der Waals surface area contributed by atoms with Gasteiger partial charge in [0, 0.05) is 27.3 Å². The normalized spacial score (nSPS) is 16.1. The maximum atomic E-state index is 13.3. The molecule has 152 valence electrons. The summed E-state index contributed by atoms with van der Waals surface area (Å²) in [6, 6.07) is 5.65. The number of aromatic nitrogens is 1. The zero-order chi connectivity index (χ0) is 20.9. The van der Waals surface area contributed by atoms with Crippen LogP contribution in [0.3, 0.4) is 0 Å². The first-order valence-electron chi connectivity index (χ1n) is 9.85. The van der Waals surface area contributed by atoms with Crippen LogP contribution in [0.4, 0.5) is 5.00 Å². The Morgan fingerprint density at radius 1 is 1.38 bits per heavy atom. The van der Waals surface area contributed by atoms with Gasteiger partial charge in [0.15, 0.2) is 0 Å². The molecule has 1 aliphatic rings. The minimum Gasteiger partial charge on any atom is -0.365 e. The Kier molecular flexibility index (Phi) is 5.17. The number of anilines is 1. The quantitative estimate of drug-likeness (QED) is 0.600. The van der Waals surface area contributed by atoms with Gasteiger partial charge in [0.05, 0.1) is 5.56 Å². The first-order valence-corrected chi connectivity index (χ1v) is 11.0. The molecule has 0 spiro atoms. The number of carbonyl (C=O) groups excluding carboxylic acids is 2. The number of thiophene rings is 1. The topological polar surface area (TPSA) is 77.1 Å². The maximum Gasteiger partial charge on any atom is 0.273 e. The third-order valence-electron chi connectivity index (χ3n) is 5.79. The molecule has 1 atom stereocenters. The molecule has 2 aromatic heterocycles. The first kappa shape index (κ1) is 20.0. The summed E-state index contributed by atoms with van der Waals surface area (Å²) >= 11 is 7.65. The van der Waals surface area contributed by atoms with Gasteiger partial charge in [-0.2, -0.15) is 0 Å². The van der Waals surface area contributed by atoms with E-state index in [1.54, 1.807) is 0 Å². The summed E-state index contributed by atoms with van der Waals surface area (Å²) in [7, 11) is 0. The highest BCUT2D eigenvalue weighted by atomic mass is 35.5. The number of halogens is 1. The van der Waals surface area contributed by atoms with Crippen LogP contribution in [0.1, 0.15) is 57.1 Å². The second-order valence-electron chi connectivity index (χ2n) is 7.75. The number of nitrogens with one attached hydrogen (secondary N) is 1. The van der Waals surface area contributed by atoms with Crippen molar-refractivity contribution in [2.75, 3.05) is 5.32 Å². The van der Waals surface area contributed by atoms with Gasteiger partial charge in [-0.3, -0.25) is 9.59 Å². The van der Waals surface area contributed by atoms with Gasteiger partial charge in [-0.1, -0.05) is 18.5 Å². The average Bonchev–Trinajstić information content (AvgIpc) is 3.15. The minimum atomic E-state index is -0.480. The van der Waals surface area contributed by atoms with Gasteiger partial charge in [-0.25, -0.2) is 0 Å². The standard InChI is InChI=1S/C22H24ClN3O2S/c1-4-26-16-8-6-13(23)10-15(16)12(3)19(26)21(28)25-22-18(20(24)27)14-7-5-11(2)9-17(14)29-22/h6,8,10-11H,4-5,7,9H2,1-3H3,(H2,24,27)(H,25,28). The molecule has 0 fully saturated rings. The fourth-order valence-corrected chi connectivity index (χ4v) is 5.96. The van der Waals surface area contributed by atoms with E-state index < -0.39 is 5.91 Å². The number of primary amides is 1. The van der Waals surface area contributed by atoms with Crippen molar-refractivity contribution < 1.29 is 9.59 Å². The average molecular weight is 430 g/mol. The van der Waals surface area contributed by atoms with E-state index in [4.69, 9.17) is 17.3 Å². The fourth-order valence-electron chi connectivity index (χ4n) is 4.38. The lowest BCUT2D eigenvalue weighted by Crippen LogP contribution is -2.21. The van der Waals surface area contributed by atoms with Crippen LogP contribution >= 0.6 is 22.9 Å². The van der Waals surface area contributed by atoms with Crippen LogP contribution in [0.2, 0.25) is 5.02 Å². The van der Waals surface area contributed by atoms with E-state index in [1.165, 1.54) is 11.3 Å². The molecular formula is C22H24ClN3O2S. The molecule has 5 nitrogen and oxygen atoms in total. The number of carbonyl (C=O) groups is 2. The molecule has 3 N–H and O–H groups in total. The molecule has 0 radical (unpaired) electrons. The monoisotopic (exact) mass is 429 g/mol. The lowest BCUT2D eigenvalue weighted by molar-refractivity contribution is 0.1000. The molecule has 3 aromatic rings. The van der Waals surface area contributed by atoms with Crippen molar-refractivity contribution in [3.63, 3.8) is 0 Å². The lowest BCUT2D eigenvalue weighted by Gasteiger charge is -2.18. The highest BCUT2D eigenvalue weighted by molar-refractivity contribution is 7.17. The number of fused-ring (bicyclic) bond motifs is 2. The van der Waals surface area contributed by atoms with Crippen LogP contribution in [0.5, 0.6) is 0 Å². The summed E-state index contributed by atoms with van der Waals surface area (Å²) in [6.45, 7) is 6.79. The molecule has 0 saturated carbocycles. The SMILES string of the molecule is CCn1c(C(=O)Nc2sc3c(c2C(N)=O)CCC(C)C3)c(C)c2cc(Cl)ccc21. The fraction of sp³-hybridized carbons (Fsp3) is 0.364. The molecule has 4 rings (SSSR count). The van der Waals surface area contributed by atoms with Gasteiger partial charge < -0.3 is 15.6 Å². The Morgan fingerprint density at radius 2 is 2.14 bits per heavy atom. The molecule has 7 heteroatoms. The van der Waals surface area contributed by atoms with Crippen molar-refractivity contribution in [3.05, 3.63) is 50.5 Å². The van der Waals surface area contributed by atoms with Crippen molar-refractivity contribution in [2.45, 2.75) is 46.6 Å². The van der Waals surface area contributed by atoms with Gasteiger partial charge in [0.1, 0.15) is 10.7 Å². The molecule has 1 aliphatic carbocycles. The molecule has 1 unspecified atom stereocenters. The predicted molar refractivity (Wildman–Crippen MR) is 119 cm³/mol. The van der Waals surface area contributed by atoms with Crippen molar-refractivity contribution >= 4 is 50.7 Å². The van der Waals surface area contributed by atoms with Crippen molar-refractivity contribution in [3.8, 4) is 0 Å². The Balaban J connectivity index is 1.78. The summed E-state index contributed by atoms with van der Waals surface area (Å²) in [5, 5.41) is 5.15. The molecule has 1 aromatic carbocycles. The van der Waals surface area contributed by atoms with Gasteiger partial charge in [-0.15, -0.1) is 11.3 Å². The zero-order valence-corrected chi connectivity index (χ0v) is 18.3. The van der Waals surface area contributed by atoms with E-state index in [9.17, 15) is 9.59 Å². The molecule has 0 aliphatic heterocycles. The maximum absolute atomic E-state index is 13.3. The highest BCUT2D eigenvalue weighted by Crippen LogP contribution is 2.40. The van der Waals surface area contributed by atoms with Gasteiger partial charge in [0.2, 0.25) is 0 Å². The third kappa shape index (κ3) is 3.34. The lowest BCUT2D eigenvalue weighted by atomic mass is 9.88. The number of aryl methyl sites for hydroxylation is 2. The van der Waals surface area contributed by atoms with E-state index in [1.807, 2.05) is 36.6 Å². The molecule has 29 heavy (non-hydrogen) atoms. The summed E-state index contributed by atoms with van der Waals surface area (Å²) in [6.07, 6.45) is 2.78. The van der Waals surface area contributed by atoms with E-state index >= 15 is 0 Å². The number of amides is 2. The van der Waals surface area contributed by atoms with E-state index in [0.717, 1.165) is 46.2 Å². The van der Waals surface area contributed by atoms with Crippen molar-refractivity contribution in [2.24, 2.45) is 11.7 Å².